The highest BCUT2D eigenvalue weighted by Gasteiger charge is 2.34. The SMILES string of the molecule is CC(C)SCC(=O)c1ccc(C(F)(F)F)c(F)c1. The first-order chi connectivity index (χ1) is 8.21. The van der Waals surface area contributed by atoms with Crippen LogP contribution in [-0.4, -0.2) is 16.8 Å². The van der Waals surface area contributed by atoms with Gasteiger partial charge in [-0.25, -0.2) is 4.39 Å². The van der Waals surface area contributed by atoms with Gasteiger partial charge in [-0.05, 0) is 17.4 Å². The first-order valence-electron chi connectivity index (χ1n) is 5.23. The predicted octanol–water partition coefficient (Wildman–Crippen LogP) is 4.17. The van der Waals surface area contributed by atoms with E-state index in [4.69, 9.17) is 0 Å². The molecule has 6 heteroatoms. The van der Waals surface area contributed by atoms with Crippen LogP contribution in [0.5, 0.6) is 0 Å². The van der Waals surface area contributed by atoms with Crippen LogP contribution in [-0.2, 0) is 6.18 Å². The summed E-state index contributed by atoms with van der Waals surface area (Å²) in [7, 11) is 0. The molecule has 0 heterocycles. The highest BCUT2D eigenvalue weighted by Crippen LogP contribution is 2.31. The van der Waals surface area contributed by atoms with E-state index in [1.807, 2.05) is 13.8 Å². The molecule has 0 N–H and O–H groups in total. The Kier molecular flexibility index (Phi) is 4.78. The summed E-state index contributed by atoms with van der Waals surface area (Å²) in [6.45, 7) is 3.79. The fourth-order valence-corrected chi connectivity index (χ4v) is 1.90. The van der Waals surface area contributed by atoms with E-state index in [1.165, 1.54) is 11.8 Å². The van der Waals surface area contributed by atoms with Gasteiger partial charge in [0.05, 0.1) is 11.3 Å². The minimum absolute atomic E-state index is 0.0337. The van der Waals surface area contributed by atoms with Crippen LogP contribution in [0.4, 0.5) is 17.6 Å². The van der Waals surface area contributed by atoms with Crippen LogP contribution >= 0.6 is 11.8 Å². The number of benzene rings is 1. The zero-order valence-electron chi connectivity index (χ0n) is 9.84. The third-order valence-corrected chi connectivity index (χ3v) is 3.24. The van der Waals surface area contributed by atoms with E-state index in [0.29, 0.717) is 12.1 Å². The number of alkyl halides is 3. The first-order valence-corrected chi connectivity index (χ1v) is 6.28. The molecule has 0 unspecified atom stereocenters. The van der Waals surface area contributed by atoms with Crippen LogP contribution < -0.4 is 0 Å². The van der Waals surface area contributed by atoms with E-state index < -0.39 is 17.6 Å². The summed E-state index contributed by atoms with van der Waals surface area (Å²) in [5.41, 5.74) is -1.38. The Morgan fingerprint density at radius 1 is 1.33 bits per heavy atom. The van der Waals surface area contributed by atoms with Crippen molar-refractivity contribution in [3.8, 4) is 0 Å². The third kappa shape index (κ3) is 4.01. The Morgan fingerprint density at radius 2 is 1.94 bits per heavy atom. The minimum atomic E-state index is -4.74. The second-order valence-corrected chi connectivity index (χ2v) is 5.54. The molecule has 0 atom stereocenters. The van der Waals surface area contributed by atoms with Crippen molar-refractivity contribution in [2.75, 3.05) is 5.75 Å². The Labute approximate surface area is 107 Å². The molecule has 0 aliphatic carbocycles. The van der Waals surface area contributed by atoms with E-state index in [0.717, 1.165) is 6.07 Å². The molecular formula is C12H12F4OS. The van der Waals surface area contributed by atoms with E-state index in [-0.39, 0.29) is 22.3 Å². The number of hydrogen-bond acceptors (Lipinski definition) is 2. The van der Waals surface area contributed by atoms with Gasteiger partial charge >= 0.3 is 6.18 Å². The number of carbonyl (C=O) groups excluding carboxylic acids is 1. The van der Waals surface area contributed by atoms with Crippen molar-refractivity contribution in [2.45, 2.75) is 25.3 Å². The molecule has 0 amide bonds. The molecule has 0 aliphatic heterocycles. The standard InChI is InChI=1S/C12H12F4OS/c1-7(2)18-6-11(17)8-3-4-9(10(13)5-8)12(14,15)16/h3-5,7H,6H2,1-2H3. The fraction of sp³-hybridized carbons (Fsp3) is 0.417. The molecule has 1 aromatic rings. The average molecular weight is 280 g/mol. The summed E-state index contributed by atoms with van der Waals surface area (Å²) in [5, 5.41) is 0.230. The Bertz CT molecular complexity index is 440. The summed E-state index contributed by atoms with van der Waals surface area (Å²) in [5.74, 6) is -1.66. The number of carbonyl (C=O) groups is 1. The fourth-order valence-electron chi connectivity index (χ4n) is 1.24. The maximum absolute atomic E-state index is 13.2. The van der Waals surface area contributed by atoms with Crippen molar-refractivity contribution in [2.24, 2.45) is 0 Å². The Hall–Kier alpha value is -1.04. The monoisotopic (exact) mass is 280 g/mol. The van der Waals surface area contributed by atoms with Gasteiger partial charge in [0.15, 0.2) is 5.78 Å². The molecular weight excluding hydrogens is 268 g/mol. The van der Waals surface area contributed by atoms with Crippen LogP contribution in [0.2, 0.25) is 0 Å². The molecule has 1 rings (SSSR count). The second-order valence-electron chi connectivity index (χ2n) is 3.98. The van der Waals surface area contributed by atoms with Gasteiger partial charge in [-0.15, -0.1) is 0 Å². The molecule has 1 nitrogen and oxygen atoms in total. The van der Waals surface area contributed by atoms with E-state index in [2.05, 4.69) is 0 Å². The van der Waals surface area contributed by atoms with Crippen molar-refractivity contribution >= 4 is 17.5 Å². The lowest BCUT2D eigenvalue weighted by molar-refractivity contribution is -0.140. The highest BCUT2D eigenvalue weighted by molar-refractivity contribution is 8.00. The van der Waals surface area contributed by atoms with Crippen molar-refractivity contribution in [1.29, 1.82) is 0 Å². The molecule has 0 spiro atoms. The van der Waals surface area contributed by atoms with Crippen LogP contribution in [0.15, 0.2) is 18.2 Å². The van der Waals surface area contributed by atoms with Crippen LogP contribution in [0.25, 0.3) is 0 Å². The quantitative estimate of drug-likeness (QED) is 0.608. The number of hydrogen-bond donors (Lipinski definition) is 0. The number of rotatable bonds is 4. The number of Topliss-reactive ketones (excluding diaryl/α,β-unsaturated/α-hetero) is 1. The maximum Gasteiger partial charge on any atom is 0.419 e. The molecule has 100 valence electrons. The van der Waals surface area contributed by atoms with Crippen molar-refractivity contribution in [3.05, 3.63) is 35.1 Å². The van der Waals surface area contributed by atoms with Gasteiger partial charge < -0.3 is 0 Å². The number of halogens is 4. The Balaban J connectivity index is 2.88. The topological polar surface area (TPSA) is 17.1 Å². The average Bonchev–Trinajstić information content (AvgIpc) is 2.23. The van der Waals surface area contributed by atoms with Crippen LogP contribution in [0.3, 0.4) is 0 Å². The zero-order chi connectivity index (χ0) is 13.9. The molecule has 0 bridgehead atoms. The molecule has 0 aliphatic rings. The molecule has 1 aromatic carbocycles. The first kappa shape index (κ1) is 15.0. The lowest BCUT2D eigenvalue weighted by Gasteiger charge is -2.09. The lowest BCUT2D eigenvalue weighted by Crippen LogP contribution is -2.11. The van der Waals surface area contributed by atoms with E-state index in [1.54, 1.807) is 0 Å². The summed E-state index contributed by atoms with van der Waals surface area (Å²) < 4.78 is 50.1. The molecule has 0 saturated carbocycles. The van der Waals surface area contributed by atoms with Gasteiger partial charge in [0.1, 0.15) is 5.82 Å². The minimum Gasteiger partial charge on any atom is -0.293 e. The van der Waals surface area contributed by atoms with Gasteiger partial charge in [0, 0.05) is 5.56 Å². The summed E-state index contributed by atoms with van der Waals surface area (Å²) >= 11 is 1.36. The normalized spacial score (nSPS) is 11.9. The predicted molar refractivity (Wildman–Crippen MR) is 63.3 cm³/mol. The van der Waals surface area contributed by atoms with Crippen LogP contribution in [0, 0.1) is 5.82 Å². The molecule has 0 fully saturated rings. The molecule has 0 radical (unpaired) electrons. The second kappa shape index (κ2) is 5.73. The largest absolute Gasteiger partial charge is 0.419 e. The van der Waals surface area contributed by atoms with Crippen molar-refractivity contribution in [1.82, 2.24) is 0 Å². The van der Waals surface area contributed by atoms with Gasteiger partial charge in [-0.1, -0.05) is 19.9 Å². The van der Waals surface area contributed by atoms with Gasteiger partial charge in [-0.2, -0.15) is 24.9 Å². The van der Waals surface area contributed by atoms with Crippen LogP contribution in [0.1, 0.15) is 29.8 Å². The van der Waals surface area contributed by atoms with Gasteiger partial charge in [0.25, 0.3) is 0 Å². The van der Waals surface area contributed by atoms with Crippen molar-refractivity contribution in [3.63, 3.8) is 0 Å². The number of ketones is 1. The summed E-state index contributed by atoms with van der Waals surface area (Å²) in [6, 6.07) is 2.25. The Morgan fingerprint density at radius 3 is 2.39 bits per heavy atom. The van der Waals surface area contributed by atoms with E-state index in [9.17, 15) is 22.4 Å². The summed E-state index contributed by atoms with van der Waals surface area (Å²) in [6.07, 6.45) is -4.74. The van der Waals surface area contributed by atoms with Crippen molar-refractivity contribution < 1.29 is 22.4 Å². The maximum atomic E-state index is 13.2. The zero-order valence-corrected chi connectivity index (χ0v) is 10.7. The smallest absolute Gasteiger partial charge is 0.293 e. The van der Waals surface area contributed by atoms with E-state index >= 15 is 0 Å². The highest BCUT2D eigenvalue weighted by atomic mass is 32.2. The summed E-state index contributed by atoms with van der Waals surface area (Å²) in [4.78, 5) is 11.6. The molecule has 0 saturated heterocycles. The molecule has 18 heavy (non-hydrogen) atoms. The molecule has 0 aromatic heterocycles. The van der Waals surface area contributed by atoms with Gasteiger partial charge in [0.2, 0.25) is 0 Å². The third-order valence-electron chi connectivity index (χ3n) is 2.14. The van der Waals surface area contributed by atoms with Gasteiger partial charge in [-0.3, -0.25) is 4.79 Å². The lowest BCUT2D eigenvalue weighted by atomic mass is 10.1. The number of thioether (sulfide) groups is 1.